The van der Waals surface area contributed by atoms with E-state index in [1.54, 1.807) is 19.1 Å². The van der Waals surface area contributed by atoms with Crippen molar-refractivity contribution in [2.75, 3.05) is 0 Å². The lowest BCUT2D eigenvalue weighted by molar-refractivity contribution is 0.0436. The van der Waals surface area contributed by atoms with Gasteiger partial charge in [-0.2, -0.15) is 0 Å². The van der Waals surface area contributed by atoms with Crippen molar-refractivity contribution in [3.8, 4) is 0 Å². The van der Waals surface area contributed by atoms with Gasteiger partial charge >= 0.3 is 0 Å². The van der Waals surface area contributed by atoms with E-state index in [0.717, 1.165) is 12.8 Å². The van der Waals surface area contributed by atoms with Crippen molar-refractivity contribution >= 4 is 12.7 Å². The van der Waals surface area contributed by atoms with Crippen LogP contribution in [0.2, 0.25) is 0 Å². The summed E-state index contributed by atoms with van der Waals surface area (Å²) in [5, 5.41) is 10.8. The maximum absolute atomic E-state index is 13.4. The monoisotopic (exact) mass is 324 g/mol. The van der Waals surface area contributed by atoms with E-state index in [2.05, 4.69) is 20.8 Å². The number of benzene rings is 1. The Balaban J connectivity index is 2.28. The molecule has 3 nitrogen and oxygen atoms in total. The molecule has 22 heavy (non-hydrogen) atoms. The first-order chi connectivity index (χ1) is 10.3. The molecule has 4 heteroatoms. The summed E-state index contributed by atoms with van der Waals surface area (Å²) in [6.45, 7) is 8.20. The van der Waals surface area contributed by atoms with Crippen LogP contribution >= 0.6 is 7.37 Å². The van der Waals surface area contributed by atoms with Crippen LogP contribution in [0.15, 0.2) is 30.3 Å². The normalized spacial score (nSPS) is 30.0. The smallest absolute Gasteiger partial charge is 0.259 e. The van der Waals surface area contributed by atoms with E-state index in [4.69, 9.17) is 4.52 Å². The van der Waals surface area contributed by atoms with Gasteiger partial charge in [-0.3, -0.25) is 4.57 Å². The van der Waals surface area contributed by atoms with E-state index >= 15 is 0 Å². The maximum Gasteiger partial charge on any atom is 0.259 e. The minimum atomic E-state index is -3.26. The molecule has 0 heterocycles. The Bertz CT molecular complexity index is 512. The third-order valence-corrected chi connectivity index (χ3v) is 7.45. The van der Waals surface area contributed by atoms with E-state index in [0.29, 0.717) is 23.1 Å². The number of aliphatic hydroxyl groups excluding tert-OH is 1. The summed E-state index contributed by atoms with van der Waals surface area (Å²) in [5.74, 6) is 0.501. The minimum Gasteiger partial charge on any atom is -0.383 e. The Morgan fingerprint density at radius 3 is 2.36 bits per heavy atom. The van der Waals surface area contributed by atoms with E-state index in [1.807, 2.05) is 18.2 Å². The predicted molar refractivity (Wildman–Crippen MR) is 91.6 cm³/mol. The number of hydrogen-bond acceptors (Lipinski definition) is 3. The molecule has 1 saturated carbocycles. The molecule has 1 aromatic carbocycles. The van der Waals surface area contributed by atoms with E-state index in [-0.39, 0.29) is 6.10 Å². The van der Waals surface area contributed by atoms with Gasteiger partial charge in [-0.25, -0.2) is 0 Å². The van der Waals surface area contributed by atoms with Crippen molar-refractivity contribution in [1.82, 2.24) is 0 Å². The van der Waals surface area contributed by atoms with Gasteiger partial charge in [0.1, 0.15) is 5.85 Å². The van der Waals surface area contributed by atoms with Crippen molar-refractivity contribution in [3.05, 3.63) is 30.3 Å². The van der Waals surface area contributed by atoms with E-state index in [9.17, 15) is 9.67 Å². The second-order valence-corrected chi connectivity index (χ2v) is 9.70. The van der Waals surface area contributed by atoms with Crippen LogP contribution in [0.25, 0.3) is 0 Å². The summed E-state index contributed by atoms with van der Waals surface area (Å²) in [4.78, 5) is 0. The quantitative estimate of drug-likeness (QED) is 0.816. The third kappa shape index (κ3) is 3.82. The Kier molecular flexibility index (Phi) is 5.87. The highest BCUT2D eigenvalue weighted by atomic mass is 31.2. The number of hydrogen-bond donors (Lipinski definition) is 1. The Morgan fingerprint density at radius 2 is 1.82 bits per heavy atom. The third-order valence-electron chi connectivity index (χ3n) is 4.86. The SMILES string of the molecule is CC(C)[C@@H]1CC[C@@H](C)C[C@H]1OP(=O)(c1ccccc1)[C@@H](C)O. The van der Waals surface area contributed by atoms with Crippen LogP contribution in [0.1, 0.15) is 47.0 Å². The Morgan fingerprint density at radius 1 is 1.18 bits per heavy atom. The lowest BCUT2D eigenvalue weighted by Gasteiger charge is -2.39. The Hall–Kier alpha value is -0.630. The summed E-state index contributed by atoms with van der Waals surface area (Å²) in [6, 6.07) is 9.16. The second kappa shape index (κ2) is 7.29. The molecule has 1 N–H and O–H groups in total. The molecule has 124 valence electrons. The van der Waals surface area contributed by atoms with Gasteiger partial charge in [0.15, 0.2) is 0 Å². The van der Waals surface area contributed by atoms with Crippen molar-refractivity contribution in [3.63, 3.8) is 0 Å². The van der Waals surface area contributed by atoms with Crippen LogP contribution in [-0.2, 0) is 9.09 Å². The van der Waals surface area contributed by atoms with Gasteiger partial charge < -0.3 is 9.63 Å². The van der Waals surface area contributed by atoms with Crippen molar-refractivity contribution in [1.29, 1.82) is 0 Å². The molecule has 1 aliphatic rings. The van der Waals surface area contributed by atoms with Crippen LogP contribution in [0.4, 0.5) is 0 Å². The van der Waals surface area contributed by atoms with Crippen LogP contribution < -0.4 is 5.30 Å². The molecular formula is C18H29O3P. The van der Waals surface area contributed by atoms with Gasteiger partial charge in [0, 0.05) is 5.30 Å². The zero-order chi connectivity index (χ0) is 16.3. The molecule has 5 atom stereocenters. The first kappa shape index (κ1) is 17.7. The zero-order valence-electron chi connectivity index (χ0n) is 14.1. The van der Waals surface area contributed by atoms with Crippen molar-refractivity contribution in [2.24, 2.45) is 17.8 Å². The highest BCUT2D eigenvalue weighted by molar-refractivity contribution is 7.67. The topological polar surface area (TPSA) is 46.5 Å². The average molecular weight is 324 g/mol. The summed E-state index contributed by atoms with van der Waals surface area (Å²) in [6.07, 6.45) is 3.20. The predicted octanol–water partition coefficient (Wildman–Crippen LogP) is 4.41. The Labute approximate surface area is 134 Å². The fraction of sp³-hybridized carbons (Fsp3) is 0.667. The summed E-state index contributed by atoms with van der Waals surface area (Å²) in [7, 11) is -3.26. The van der Waals surface area contributed by atoms with Crippen LogP contribution in [0.3, 0.4) is 0 Å². The lowest BCUT2D eigenvalue weighted by atomic mass is 9.75. The highest BCUT2D eigenvalue weighted by Gasteiger charge is 2.40. The second-order valence-electron chi connectivity index (χ2n) is 7.03. The average Bonchev–Trinajstić information content (AvgIpc) is 2.47. The fourth-order valence-electron chi connectivity index (χ4n) is 3.44. The first-order valence-electron chi connectivity index (χ1n) is 8.36. The van der Waals surface area contributed by atoms with Crippen LogP contribution in [0.5, 0.6) is 0 Å². The summed E-state index contributed by atoms with van der Waals surface area (Å²) >= 11 is 0. The van der Waals surface area contributed by atoms with E-state index in [1.165, 1.54) is 6.42 Å². The number of aliphatic hydroxyl groups is 1. The highest BCUT2D eigenvalue weighted by Crippen LogP contribution is 2.53. The lowest BCUT2D eigenvalue weighted by Crippen LogP contribution is -2.35. The first-order valence-corrected chi connectivity index (χ1v) is 10.1. The van der Waals surface area contributed by atoms with Gasteiger partial charge in [0.05, 0.1) is 6.10 Å². The maximum atomic E-state index is 13.4. The molecule has 0 amide bonds. The molecule has 1 fully saturated rings. The minimum absolute atomic E-state index is 0.0376. The largest absolute Gasteiger partial charge is 0.383 e. The molecule has 0 aliphatic heterocycles. The molecule has 1 aromatic rings. The van der Waals surface area contributed by atoms with Gasteiger partial charge in [0.2, 0.25) is 0 Å². The molecule has 2 rings (SSSR count). The number of rotatable bonds is 5. The molecule has 1 unspecified atom stereocenters. The van der Waals surface area contributed by atoms with Gasteiger partial charge in [-0.15, -0.1) is 0 Å². The van der Waals surface area contributed by atoms with Crippen molar-refractivity contribution < 1.29 is 14.2 Å². The molecule has 0 saturated heterocycles. The summed E-state index contributed by atoms with van der Waals surface area (Å²) in [5.41, 5.74) is 0. The summed E-state index contributed by atoms with van der Waals surface area (Å²) < 4.78 is 19.6. The zero-order valence-corrected chi connectivity index (χ0v) is 15.0. The van der Waals surface area contributed by atoms with Gasteiger partial charge in [0.25, 0.3) is 7.37 Å². The van der Waals surface area contributed by atoms with Gasteiger partial charge in [-0.1, -0.05) is 45.4 Å². The van der Waals surface area contributed by atoms with Crippen molar-refractivity contribution in [2.45, 2.75) is 58.9 Å². The molecule has 0 radical (unpaired) electrons. The van der Waals surface area contributed by atoms with Crippen LogP contribution in [0, 0.1) is 17.8 Å². The standard InChI is InChI=1S/C18H29O3P/c1-13(2)17-11-10-14(3)12-18(17)21-22(20,15(4)19)16-8-6-5-7-9-16/h5-9,13-15,17-19H,10-12H2,1-4H3/t14-,15+,17+,18-,22?/m1/s1. The van der Waals surface area contributed by atoms with E-state index < -0.39 is 13.2 Å². The molecule has 1 aliphatic carbocycles. The molecular weight excluding hydrogens is 295 g/mol. The fourth-order valence-corrected chi connectivity index (χ4v) is 5.40. The van der Waals surface area contributed by atoms with Gasteiger partial charge in [-0.05, 0) is 49.7 Å². The molecule has 0 aromatic heterocycles. The molecule has 0 bridgehead atoms. The molecule has 0 spiro atoms. The van der Waals surface area contributed by atoms with Crippen LogP contribution in [-0.4, -0.2) is 17.1 Å².